The molecule has 2 aromatic rings. The van der Waals surface area contributed by atoms with Crippen molar-refractivity contribution in [3.63, 3.8) is 0 Å². The highest BCUT2D eigenvalue weighted by molar-refractivity contribution is 5.87. The van der Waals surface area contributed by atoms with Crippen molar-refractivity contribution in [2.24, 2.45) is 5.41 Å². The number of carboxylic acids is 1. The van der Waals surface area contributed by atoms with Gasteiger partial charge in [-0.05, 0) is 23.5 Å². The van der Waals surface area contributed by atoms with E-state index in [9.17, 15) is 19.8 Å². The lowest BCUT2D eigenvalue weighted by atomic mass is 9.79. The molecular formula is C22H28N2O6. The number of hydrogen-bond acceptors (Lipinski definition) is 6. The van der Waals surface area contributed by atoms with Crippen molar-refractivity contribution >= 4 is 5.97 Å². The predicted molar refractivity (Wildman–Crippen MR) is 111 cm³/mol. The van der Waals surface area contributed by atoms with Gasteiger partial charge in [-0.25, -0.2) is 9.78 Å². The van der Waals surface area contributed by atoms with Gasteiger partial charge in [0.15, 0.2) is 5.43 Å². The molecule has 1 aliphatic heterocycles. The zero-order valence-electron chi connectivity index (χ0n) is 17.8. The summed E-state index contributed by atoms with van der Waals surface area (Å²) in [7, 11) is 1.63. The minimum Gasteiger partial charge on any atom is -0.491 e. The molecule has 2 N–H and O–H groups in total. The number of carbonyl (C=O) groups is 1. The zero-order valence-corrected chi connectivity index (χ0v) is 17.8. The monoisotopic (exact) mass is 416 g/mol. The van der Waals surface area contributed by atoms with Gasteiger partial charge in [0.05, 0.1) is 24.6 Å². The lowest BCUT2D eigenvalue weighted by Crippen LogP contribution is -2.33. The van der Waals surface area contributed by atoms with Crippen LogP contribution in [-0.2, 0) is 17.8 Å². The number of hydrogen-bond donors (Lipinski definition) is 2. The van der Waals surface area contributed by atoms with Crippen molar-refractivity contribution in [2.45, 2.75) is 46.3 Å². The molecule has 0 aliphatic carbocycles. The molecule has 1 aliphatic rings. The van der Waals surface area contributed by atoms with Crippen molar-refractivity contribution in [1.82, 2.24) is 9.55 Å². The number of aromatic carboxylic acids is 1. The Kier molecular flexibility index (Phi) is 6.28. The van der Waals surface area contributed by atoms with Gasteiger partial charge in [0, 0.05) is 38.4 Å². The number of carboxylic acid groups (broad SMARTS) is 1. The lowest BCUT2D eigenvalue weighted by molar-refractivity contribution is 0.0693. The summed E-state index contributed by atoms with van der Waals surface area (Å²) in [5, 5.41) is 19.2. The van der Waals surface area contributed by atoms with Crippen LogP contribution < -0.4 is 10.2 Å². The minimum absolute atomic E-state index is 0.0817. The maximum absolute atomic E-state index is 12.4. The van der Waals surface area contributed by atoms with Gasteiger partial charge in [-0.3, -0.25) is 4.79 Å². The van der Waals surface area contributed by atoms with E-state index in [1.165, 1.54) is 12.3 Å². The van der Waals surface area contributed by atoms with Gasteiger partial charge in [0.2, 0.25) is 0 Å². The molecule has 8 heteroatoms. The molecule has 0 bridgehead atoms. The largest absolute Gasteiger partial charge is 0.491 e. The average molecular weight is 416 g/mol. The highest BCUT2D eigenvalue weighted by Gasteiger charge is 2.34. The molecule has 0 fully saturated rings. The standard InChI is InChI=1S/C22H28N2O6/c1-22(2,3)19-9-13-8-18(30-7-5-6-29-4)15(12-25)23-20(13)16-10-17(26)14(21(27)28)11-24(16)19/h8,10-11,19,25H,5-7,9,12H2,1-4H3,(H,27,28)/t19-/m0/s1. The number of nitrogens with zero attached hydrogens (tertiary/aromatic N) is 2. The molecule has 0 aromatic carbocycles. The number of fused-ring (bicyclic) bond motifs is 3. The second-order valence-corrected chi connectivity index (χ2v) is 8.53. The summed E-state index contributed by atoms with van der Waals surface area (Å²) in [4.78, 5) is 28.5. The van der Waals surface area contributed by atoms with Crippen LogP contribution in [0.3, 0.4) is 0 Å². The number of aliphatic hydroxyl groups excluding tert-OH is 1. The van der Waals surface area contributed by atoms with Gasteiger partial charge < -0.3 is 24.3 Å². The average Bonchev–Trinajstić information content (AvgIpc) is 2.68. The molecule has 0 unspecified atom stereocenters. The SMILES string of the molecule is COCCCOc1cc2c(nc1CO)-c1cc(=O)c(C(=O)O)cn1[C@H](C(C)(C)C)C2. The number of rotatable bonds is 7. The summed E-state index contributed by atoms with van der Waals surface area (Å²) in [6.07, 6.45) is 2.72. The first-order valence-corrected chi connectivity index (χ1v) is 9.92. The molecule has 0 radical (unpaired) electrons. The Morgan fingerprint density at radius 2 is 2.03 bits per heavy atom. The molecule has 2 aromatic heterocycles. The fraction of sp³-hybridized carbons (Fsp3) is 0.500. The van der Waals surface area contributed by atoms with Crippen LogP contribution in [0.25, 0.3) is 11.4 Å². The van der Waals surface area contributed by atoms with Crippen LogP contribution in [0.1, 0.15) is 54.8 Å². The Hall–Kier alpha value is -2.71. The summed E-state index contributed by atoms with van der Waals surface area (Å²) < 4.78 is 12.7. The highest BCUT2D eigenvalue weighted by Crippen LogP contribution is 2.43. The first kappa shape index (κ1) is 22.0. The van der Waals surface area contributed by atoms with E-state index in [-0.39, 0.29) is 23.6 Å². The Labute approximate surface area is 175 Å². The second-order valence-electron chi connectivity index (χ2n) is 8.53. The molecule has 1 atom stereocenters. The fourth-order valence-electron chi connectivity index (χ4n) is 3.76. The Morgan fingerprint density at radius 1 is 1.30 bits per heavy atom. The van der Waals surface area contributed by atoms with Crippen LogP contribution in [0.4, 0.5) is 0 Å². The molecule has 3 rings (SSSR count). The van der Waals surface area contributed by atoms with E-state index in [1.807, 2.05) is 10.6 Å². The molecule has 3 heterocycles. The smallest absolute Gasteiger partial charge is 0.341 e. The third-order valence-corrected chi connectivity index (χ3v) is 5.34. The fourth-order valence-corrected chi connectivity index (χ4v) is 3.76. The normalized spacial score (nSPS) is 15.4. The molecule has 8 nitrogen and oxygen atoms in total. The topological polar surface area (TPSA) is 111 Å². The van der Waals surface area contributed by atoms with Crippen molar-refractivity contribution in [3.05, 3.63) is 45.4 Å². The highest BCUT2D eigenvalue weighted by atomic mass is 16.5. The summed E-state index contributed by atoms with van der Waals surface area (Å²) >= 11 is 0. The van der Waals surface area contributed by atoms with Crippen LogP contribution in [0.5, 0.6) is 5.75 Å². The predicted octanol–water partition coefficient (Wildman–Crippen LogP) is 2.66. The number of aliphatic hydroxyl groups is 1. The minimum atomic E-state index is -1.25. The Bertz CT molecular complexity index is 1010. The van der Waals surface area contributed by atoms with E-state index in [0.29, 0.717) is 48.9 Å². The first-order valence-electron chi connectivity index (χ1n) is 9.92. The van der Waals surface area contributed by atoms with E-state index in [1.54, 1.807) is 7.11 Å². The quantitative estimate of drug-likeness (QED) is 0.668. The van der Waals surface area contributed by atoms with Crippen molar-refractivity contribution in [2.75, 3.05) is 20.3 Å². The number of ether oxygens (including phenoxy) is 2. The zero-order chi connectivity index (χ0) is 22.1. The number of pyridine rings is 2. The maximum Gasteiger partial charge on any atom is 0.341 e. The summed E-state index contributed by atoms with van der Waals surface area (Å²) in [5.74, 6) is -0.740. The van der Waals surface area contributed by atoms with E-state index >= 15 is 0 Å². The maximum atomic E-state index is 12.4. The van der Waals surface area contributed by atoms with Crippen molar-refractivity contribution in [1.29, 1.82) is 0 Å². The summed E-state index contributed by atoms with van der Waals surface area (Å²) in [6.45, 7) is 6.91. The van der Waals surface area contributed by atoms with Gasteiger partial charge in [-0.2, -0.15) is 0 Å². The van der Waals surface area contributed by atoms with Crippen LogP contribution in [-0.4, -0.2) is 46.1 Å². The third-order valence-electron chi connectivity index (χ3n) is 5.34. The van der Waals surface area contributed by atoms with Crippen LogP contribution in [0.2, 0.25) is 0 Å². The molecular weight excluding hydrogens is 388 g/mol. The Balaban J connectivity index is 2.14. The van der Waals surface area contributed by atoms with Gasteiger partial charge in [-0.1, -0.05) is 20.8 Å². The first-order chi connectivity index (χ1) is 14.2. The van der Waals surface area contributed by atoms with Crippen LogP contribution in [0.15, 0.2) is 23.1 Å². The van der Waals surface area contributed by atoms with E-state index < -0.39 is 11.4 Å². The van der Waals surface area contributed by atoms with Gasteiger partial charge >= 0.3 is 5.97 Å². The van der Waals surface area contributed by atoms with Gasteiger partial charge in [0.1, 0.15) is 17.0 Å². The van der Waals surface area contributed by atoms with E-state index in [2.05, 4.69) is 25.8 Å². The van der Waals surface area contributed by atoms with E-state index in [4.69, 9.17) is 9.47 Å². The molecule has 0 saturated carbocycles. The Morgan fingerprint density at radius 3 is 2.63 bits per heavy atom. The molecule has 162 valence electrons. The van der Waals surface area contributed by atoms with Crippen LogP contribution in [0, 0.1) is 5.41 Å². The van der Waals surface area contributed by atoms with Crippen molar-refractivity contribution in [3.8, 4) is 17.1 Å². The second kappa shape index (κ2) is 8.57. The van der Waals surface area contributed by atoms with Gasteiger partial charge in [0.25, 0.3) is 0 Å². The molecule has 30 heavy (non-hydrogen) atoms. The van der Waals surface area contributed by atoms with Crippen LogP contribution >= 0.6 is 0 Å². The number of aromatic nitrogens is 2. The van der Waals surface area contributed by atoms with E-state index in [0.717, 1.165) is 5.56 Å². The third kappa shape index (κ3) is 4.24. The van der Waals surface area contributed by atoms with Gasteiger partial charge in [-0.15, -0.1) is 0 Å². The summed E-state index contributed by atoms with van der Waals surface area (Å²) in [5.41, 5.74) is 1.35. The molecule has 0 spiro atoms. The lowest BCUT2D eigenvalue weighted by Gasteiger charge is -2.38. The summed E-state index contributed by atoms with van der Waals surface area (Å²) in [6, 6.07) is 3.12. The molecule has 0 saturated heterocycles. The number of methoxy groups -OCH3 is 1. The van der Waals surface area contributed by atoms with Crippen molar-refractivity contribution < 1.29 is 24.5 Å². The molecule has 0 amide bonds.